The Kier molecular flexibility index (Phi) is 5.81. The van der Waals surface area contributed by atoms with E-state index >= 15 is 0 Å². The van der Waals surface area contributed by atoms with Gasteiger partial charge < -0.3 is 10.1 Å². The van der Waals surface area contributed by atoms with Gasteiger partial charge in [-0.1, -0.05) is 27.7 Å². The van der Waals surface area contributed by atoms with Crippen LogP contribution in [0.3, 0.4) is 0 Å². The molecule has 2 rings (SSSR count). The fourth-order valence-corrected chi connectivity index (χ4v) is 3.86. The molecule has 4 heteroatoms. The van der Waals surface area contributed by atoms with E-state index in [1.807, 2.05) is 11.3 Å². The van der Waals surface area contributed by atoms with Crippen molar-refractivity contribution in [2.24, 2.45) is 5.92 Å². The molecule has 0 saturated carbocycles. The smallest absolute Gasteiger partial charge is 0.125 e. The molecule has 3 nitrogen and oxygen atoms in total. The van der Waals surface area contributed by atoms with E-state index in [2.05, 4.69) is 39.9 Å². The van der Waals surface area contributed by atoms with Gasteiger partial charge in [-0.25, -0.2) is 4.98 Å². The fourth-order valence-electron chi connectivity index (χ4n) is 2.69. The Labute approximate surface area is 133 Å². The molecular weight excluding hydrogens is 280 g/mol. The molecule has 0 aliphatic carbocycles. The van der Waals surface area contributed by atoms with Gasteiger partial charge in [0.15, 0.2) is 0 Å². The Hall–Kier alpha value is -0.450. The van der Waals surface area contributed by atoms with Crippen LogP contribution < -0.4 is 5.32 Å². The monoisotopic (exact) mass is 310 g/mol. The van der Waals surface area contributed by atoms with Crippen LogP contribution in [0, 0.1) is 5.92 Å². The summed E-state index contributed by atoms with van der Waals surface area (Å²) >= 11 is 1.85. The number of aromatic nitrogens is 1. The van der Waals surface area contributed by atoms with Gasteiger partial charge in [-0.05, 0) is 38.5 Å². The van der Waals surface area contributed by atoms with Crippen molar-refractivity contribution in [3.8, 4) is 0 Å². The molecule has 1 fully saturated rings. The van der Waals surface area contributed by atoms with E-state index in [1.165, 1.54) is 28.4 Å². The van der Waals surface area contributed by atoms with Gasteiger partial charge in [-0.3, -0.25) is 0 Å². The van der Waals surface area contributed by atoms with Crippen LogP contribution in [-0.4, -0.2) is 17.6 Å². The number of ether oxygens (including phenoxy) is 1. The summed E-state index contributed by atoms with van der Waals surface area (Å²) in [5, 5.41) is 4.71. The fraction of sp³-hybridized carbons (Fsp3) is 0.824. The SMILES string of the molecule is CC(C)Cc1nc(C2(C)CCCCO2)sc1CNC(C)C. The minimum absolute atomic E-state index is 0.162. The quantitative estimate of drug-likeness (QED) is 0.852. The average Bonchev–Trinajstić information content (AvgIpc) is 2.80. The lowest BCUT2D eigenvalue weighted by Gasteiger charge is -2.31. The first-order chi connectivity index (χ1) is 9.90. The first-order valence-electron chi connectivity index (χ1n) is 8.27. The predicted octanol–water partition coefficient (Wildman–Crippen LogP) is 4.26. The normalized spacial score (nSPS) is 23.2. The van der Waals surface area contributed by atoms with E-state index in [0.717, 1.165) is 26.0 Å². The maximum Gasteiger partial charge on any atom is 0.125 e. The zero-order chi connectivity index (χ0) is 15.5. The van der Waals surface area contributed by atoms with Crippen LogP contribution in [0.5, 0.6) is 0 Å². The molecule has 1 aliphatic rings. The number of hydrogen-bond acceptors (Lipinski definition) is 4. The van der Waals surface area contributed by atoms with Crippen molar-refractivity contribution in [3.05, 3.63) is 15.6 Å². The second kappa shape index (κ2) is 7.21. The third-order valence-corrected chi connectivity index (χ3v) is 5.31. The van der Waals surface area contributed by atoms with Gasteiger partial charge in [0.05, 0.1) is 5.69 Å². The minimum atomic E-state index is -0.162. The Morgan fingerprint density at radius 1 is 1.29 bits per heavy atom. The van der Waals surface area contributed by atoms with Crippen LogP contribution in [0.2, 0.25) is 0 Å². The van der Waals surface area contributed by atoms with Crippen LogP contribution in [-0.2, 0) is 23.3 Å². The van der Waals surface area contributed by atoms with E-state index in [-0.39, 0.29) is 5.60 Å². The molecule has 1 saturated heterocycles. The summed E-state index contributed by atoms with van der Waals surface area (Å²) in [6, 6.07) is 0.504. The summed E-state index contributed by atoms with van der Waals surface area (Å²) in [6.45, 7) is 12.9. The van der Waals surface area contributed by atoms with Crippen molar-refractivity contribution < 1.29 is 4.74 Å². The van der Waals surface area contributed by atoms with Crippen LogP contribution in [0.4, 0.5) is 0 Å². The second-order valence-electron chi connectivity index (χ2n) is 7.06. The average molecular weight is 311 g/mol. The summed E-state index contributed by atoms with van der Waals surface area (Å²) in [6.07, 6.45) is 4.58. The summed E-state index contributed by atoms with van der Waals surface area (Å²) < 4.78 is 6.08. The number of hydrogen-bond donors (Lipinski definition) is 1. The third-order valence-electron chi connectivity index (χ3n) is 3.97. The highest BCUT2D eigenvalue weighted by molar-refractivity contribution is 7.11. The predicted molar refractivity (Wildman–Crippen MR) is 89.8 cm³/mol. The second-order valence-corrected chi connectivity index (χ2v) is 8.14. The van der Waals surface area contributed by atoms with Crippen molar-refractivity contribution in [2.45, 2.75) is 78.5 Å². The van der Waals surface area contributed by atoms with E-state index in [4.69, 9.17) is 9.72 Å². The molecule has 0 aromatic carbocycles. The molecule has 2 heterocycles. The molecule has 21 heavy (non-hydrogen) atoms. The van der Waals surface area contributed by atoms with E-state index in [0.29, 0.717) is 12.0 Å². The lowest BCUT2D eigenvalue weighted by atomic mass is 9.96. The van der Waals surface area contributed by atoms with Crippen molar-refractivity contribution in [1.29, 1.82) is 0 Å². The molecule has 0 spiro atoms. The Morgan fingerprint density at radius 3 is 2.62 bits per heavy atom. The van der Waals surface area contributed by atoms with Gasteiger partial charge in [-0.15, -0.1) is 11.3 Å². The number of nitrogens with zero attached hydrogens (tertiary/aromatic N) is 1. The van der Waals surface area contributed by atoms with Gasteiger partial charge in [0.25, 0.3) is 0 Å². The molecule has 0 bridgehead atoms. The molecular formula is C17H30N2OS. The number of rotatable bonds is 6. The summed E-state index contributed by atoms with van der Waals surface area (Å²) in [4.78, 5) is 6.37. The largest absolute Gasteiger partial charge is 0.368 e. The number of thiazole rings is 1. The van der Waals surface area contributed by atoms with Gasteiger partial charge in [0, 0.05) is 24.1 Å². The summed E-state index contributed by atoms with van der Waals surface area (Å²) in [7, 11) is 0. The lowest BCUT2D eigenvalue weighted by Crippen LogP contribution is -2.30. The highest BCUT2D eigenvalue weighted by Crippen LogP contribution is 2.38. The highest BCUT2D eigenvalue weighted by atomic mass is 32.1. The molecule has 0 radical (unpaired) electrons. The first-order valence-corrected chi connectivity index (χ1v) is 9.09. The van der Waals surface area contributed by atoms with Crippen LogP contribution in [0.15, 0.2) is 0 Å². The molecule has 1 atom stereocenters. The molecule has 1 unspecified atom stereocenters. The Morgan fingerprint density at radius 2 is 2.05 bits per heavy atom. The minimum Gasteiger partial charge on any atom is -0.368 e. The molecule has 1 N–H and O–H groups in total. The zero-order valence-electron chi connectivity index (χ0n) is 14.2. The van der Waals surface area contributed by atoms with E-state index in [9.17, 15) is 0 Å². The van der Waals surface area contributed by atoms with Gasteiger partial charge in [0.1, 0.15) is 10.6 Å². The van der Waals surface area contributed by atoms with Crippen LogP contribution in [0.25, 0.3) is 0 Å². The maximum atomic E-state index is 6.08. The molecule has 1 aromatic heterocycles. The van der Waals surface area contributed by atoms with E-state index < -0.39 is 0 Å². The topological polar surface area (TPSA) is 34.1 Å². The van der Waals surface area contributed by atoms with Crippen LogP contribution >= 0.6 is 11.3 Å². The van der Waals surface area contributed by atoms with Crippen molar-refractivity contribution in [1.82, 2.24) is 10.3 Å². The molecule has 1 aliphatic heterocycles. The van der Waals surface area contributed by atoms with Crippen molar-refractivity contribution in [3.63, 3.8) is 0 Å². The first kappa shape index (κ1) is 16.9. The molecule has 1 aromatic rings. The zero-order valence-corrected chi connectivity index (χ0v) is 15.0. The van der Waals surface area contributed by atoms with Crippen molar-refractivity contribution in [2.75, 3.05) is 6.61 Å². The molecule has 0 amide bonds. The van der Waals surface area contributed by atoms with Gasteiger partial charge in [-0.2, -0.15) is 0 Å². The summed E-state index contributed by atoms with van der Waals surface area (Å²) in [5.41, 5.74) is 1.11. The Balaban J connectivity index is 2.21. The van der Waals surface area contributed by atoms with Crippen molar-refractivity contribution >= 4 is 11.3 Å². The lowest BCUT2D eigenvalue weighted by molar-refractivity contribution is -0.0702. The van der Waals surface area contributed by atoms with Gasteiger partial charge >= 0.3 is 0 Å². The standard InChI is InChI=1S/C17H30N2OS/c1-12(2)10-14-15(11-18-13(3)4)21-16(19-14)17(5)8-6-7-9-20-17/h12-13,18H,6-11H2,1-5H3. The van der Waals surface area contributed by atoms with Gasteiger partial charge in [0.2, 0.25) is 0 Å². The summed E-state index contributed by atoms with van der Waals surface area (Å²) in [5.74, 6) is 0.637. The maximum absolute atomic E-state index is 6.08. The third kappa shape index (κ3) is 4.51. The van der Waals surface area contributed by atoms with Crippen LogP contribution in [0.1, 0.15) is 69.5 Å². The number of nitrogens with one attached hydrogen (secondary N) is 1. The van der Waals surface area contributed by atoms with E-state index in [1.54, 1.807) is 0 Å². The Bertz CT molecular complexity index is 448. The molecule has 120 valence electrons. The highest BCUT2D eigenvalue weighted by Gasteiger charge is 2.34.